The number of nitrogens with zero attached hydrogens (tertiary/aromatic N) is 2. The number of rotatable bonds is 5. The summed E-state index contributed by atoms with van der Waals surface area (Å²) in [6.45, 7) is 1.76. The average molecular weight is 318 g/mol. The third-order valence-corrected chi connectivity index (χ3v) is 3.40. The quantitative estimate of drug-likeness (QED) is 0.830. The van der Waals surface area contributed by atoms with Gasteiger partial charge in [-0.1, -0.05) is 41.9 Å². The van der Waals surface area contributed by atoms with Gasteiger partial charge in [-0.2, -0.15) is 5.10 Å². The number of aryl methyl sites for hydroxylation is 1. The maximum Gasteiger partial charge on any atom is 0.354 e. The molecule has 114 valence electrons. The van der Waals surface area contributed by atoms with Crippen LogP contribution in [0.3, 0.4) is 0 Å². The highest BCUT2D eigenvalue weighted by Crippen LogP contribution is 2.24. The Morgan fingerprint density at radius 2 is 2.05 bits per heavy atom. The van der Waals surface area contributed by atoms with Crippen LogP contribution in [0.1, 0.15) is 34.2 Å². The minimum Gasteiger partial charge on any atom is -0.477 e. The molecule has 2 N–H and O–H groups in total. The van der Waals surface area contributed by atoms with E-state index < -0.39 is 5.97 Å². The fraction of sp³-hybridized carbons (Fsp3) is 0.188. The molecule has 0 spiro atoms. The first-order chi connectivity index (χ1) is 10.4. The van der Waals surface area contributed by atoms with Crippen LogP contribution < -0.4 is 0 Å². The first-order valence-corrected chi connectivity index (χ1v) is 7.03. The molecule has 0 saturated carbocycles. The van der Waals surface area contributed by atoms with Crippen molar-refractivity contribution < 1.29 is 9.90 Å². The summed E-state index contributed by atoms with van der Waals surface area (Å²) in [6.07, 6.45) is 1.91. The lowest BCUT2D eigenvalue weighted by atomic mass is 9.99. The third-order valence-electron chi connectivity index (χ3n) is 3.29. The molecule has 0 fully saturated rings. The molecule has 0 aliphatic carbocycles. The smallest absolute Gasteiger partial charge is 0.354 e. The van der Waals surface area contributed by atoms with E-state index in [1.165, 1.54) is 10.8 Å². The van der Waals surface area contributed by atoms with E-state index >= 15 is 0 Å². The molecule has 0 bridgehead atoms. The van der Waals surface area contributed by atoms with Crippen molar-refractivity contribution in [1.82, 2.24) is 9.78 Å². The van der Waals surface area contributed by atoms with Crippen molar-refractivity contribution in [3.63, 3.8) is 0 Å². The number of halogens is 1. The van der Waals surface area contributed by atoms with Crippen molar-refractivity contribution >= 4 is 28.3 Å². The van der Waals surface area contributed by atoms with Crippen LogP contribution in [0.5, 0.6) is 0 Å². The molecule has 1 heterocycles. The molecule has 1 aromatic carbocycles. The van der Waals surface area contributed by atoms with Crippen LogP contribution >= 0.6 is 11.6 Å². The lowest BCUT2D eigenvalue weighted by Crippen LogP contribution is -2.08. The van der Waals surface area contributed by atoms with Crippen LogP contribution in [0.25, 0.3) is 5.57 Å². The number of nitrogens with one attached hydrogen (secondary N) is 1. The van der Waals surface area contributed by atoms with Crippen molar-refractivity contribution in [2.75, 3.05) is 0 Å². The van der Waals surface area contributed by atoms with Gasteiger partial charge in [0, 0.05) is 19.0 Å². The van der Waals surface area contributed by atoms with Crippen LogP contribution in [-0.2, 0) is 13.5 Å². The second kappa shape index (κ2) is 6.58. The Bertz CT molecular complexity index is 748. The van der Waals surface area contributed by atoms with E-state index in [1.807, 2.05) is 30.3 Å². The zero-order chi connectivity index (χ0) is 16.3. The zero-order valence-electron chi connectivity index (χ0n) is 12.3. The number of aromatic nitrogens is 2. The number of carboxylic acids is 1. The van der Waals surface area contributed by atoms with Gasteiger partial charge in [0.1, 0.15) is 10.9 Å². The summed E-state index contributed by atoms with van der Waals surface area (Å²) in [4.78, 5) is 11.5. The van der Waals surface area contributed by atoms with Gasteiger partial charge in [0.25, 0.3) is 0 Å². The van der Waals surface area contributed by atoms with E-state index in [0.717, 1.165) is 5.56 Å². The molecule has 0 unspecified atom stereocenters. The molecule has 22 heavy (non-hydrogen) atoms. The molecule has 1 aromatic heterocycles. The number of hydrogen-bond acceptors (Lipinski definition) is 3. The molecule has 2 aromatic rings. The van der Waals surface area contributed by atoms with Gasteiger partial charge in [-0.3, -0.25) is 10.1 Å². The summed E-state index contributed by atoms with van der Waals surface area (Å²) in [5.41, 5.74) is 2.97. The zero-order valence-corrected chi connectivity index (χ0v) is 13.1. The van der Waals surface area contributed by atoms with Crippen molar-refractivity contribution in [2.45, 2.75) is 13.3 Å². The molecule has 0 saturated heterocycles. The van der Waals surface area contributed by atoms with Gasteiger partial charge >= 0.3 is 5.97 Å². The number of benzene rings is 1. The normalized spacial score (nSPS) is 11.5. The highest BCUT2D eigenvalue weighted by Gasteiger charge is 2.22. The molecular weight excluding hydrogens is 302 g/mol. The molecule has 0 aliphatic heterocycles. The highest BCUT2D eigenvalue weighted by atomic mass is 35.5. The summed E-state index contributed by atoms with van der Waals surface area (Å²) < 4.78 is 1.35. The molecule has 0 atom stereocenters. The highest BCUT2D eigenvalue weighted by molar-refractivity contribution is 6.68. The van der Waals surface area contributed by atoms with E-state index in [0.29, 0.717) is 23.3 Å². The van der Waals surface area contributed by atoms with Gasteiger partial charge in [0.2, 0.25) is 0 Å². The van der Waals surface area contributed by atoms with E-state index in [4.69, 9.17) is 17.0 Å². The second-order valence-electron chi connectivity index (χ2n) is 4.94. The van der Waals surface area contributed by atoms with Crippen LogP contribution in [0.2, 0.25) is 0 Å². The number of allylic oxidation sites excluding steroid dienone is 2. The number of carboxylic acid groups (broad SMARTS) is 1. The third kappa shape index (κ3) is 3.43. The minimum atomic E-state index is -1.03. The van der Waals surface area contributed by atoms with Gasteiger partial charge in [-0.05, 0) is 24.1 Å². The van der Waals surface area contributed by atoms with Crippen molar-refractivity contribution in [3.05, 3.63) is 58.9 Å². The Hall–Kier alpha value is -2.40. The van der Waals surface area contributed by atoms with Gasteiger partial charge in [-0.25, -0.2) is 4.79 Å². The van der Waals surface area contributed by atoms with Crippen LogP contribution in [0.15, 0.2) is 36.4 Å². The van der Waals surface area contributed by atoms with Crippen LogP contribution in [0.4, 0.5) is 0 Å². The fourth-order valence-corrected chi connectivity index (χ4v) is 2.54. The van der Waals surface area contributed by atoms with Gasteiger partial charge < -0.3 is 5.11 Å². The molecule has 0 radical (unpaired) electrons. The van der Waals surface area contributed by atoms with Gasteiger partial charge in [0.15, 0.2) is 0 Å². The topological polar surface area (TPSA) is 79.0 Å². The molecule has 6 heteroatoms. The standard InChI is InChI=1S/C16H16ClN3O2/c1-10(8-13(17)18)14-12(9-11-6-4-3-5-7-11)15(16(21)22)20(2)19-14/h3-8,18H,9H2,1-2H3,(H,21,22)/b10-8+,18-13?. The monoisotopic (exact) mass is 317 g/mol. The van der Waals surface area contributed by atoms with Crippen molar-refractivity contribution in [1.29, 1.82) is 5.41 Å². The SMILES string of the molecule is C/C(=C\C(=N)Cl)c1nn(C)c(C(=O)O)c1Cc1ccccc1. The predicted octanol–water partition coefficient (Wildman–Crippen LogP) is 3.33. The Morgan fingerprint density at radius 1 is 1.41 bits per heavy atom. The predicted molar refractivity (Wildman–Crippen MR) is 86.6 cm³/mol. The molecule has 0 amide bonds. The maximum atomic E-state index is 11.5. The first kappa shape index (κ1) is 16.0. The minimum absolute atomic E-state index is 0.120. The molecular formula is C16H16ClN3O2. The van der Waals surface area contributed by atoms with E-state index in [-0.39, 0.29) is 10.9 Å². The number of hydrogen-bond donors (Lipinski definition) is 2. The lowest BCUT2D eigenvalue weighted by Gasteiger charge is -2.05. The lowest BCUT2D eigenvalue weighted by molar-refractivity contribution is 0.0684. The summed E-state index contributed by atoms with van der Waals surface area (Å²) in [5.74, 6) is -1.03. The molecule has 0 aliphatic rings. The van der Waals surface area contributed by atoms with E-state index in [1.54, 1.807) is 14.0 Å². The van der Waals surface area contributed by atoms with Crippen molar-refractivity contribution in [2.24, 2.45) is 7.05 Å². The largest absolute Gasteiger partial charge is 0.477 e. The van der Waals surface area contributed by atoms with Gasteiger partial charge in [-0.15, -0.1) is 0 Å². The first-order valence-electron chi connectivity index (χ1n) is 6.66. The van der Waals surface area contributed by atoms with Gasteiger partial charge in [0.05, 0.1) is 5.69 Å². The fourth-order valence-electron chi connectivity index (χ4n) is 2.38. The summed E-state index contributed by atoms with van der Waals surface area (Å²) in [7, 11) is 1.60. The van der Waals surface area contributed by atoms with Crippen molar-refractivity contribution in [3.8, 4) is 0 Å². The average Bonchev–Trinajstić information content (AvgIpc) is 2.76. The molecule has 5 nitrogen and oxygen atoms in total. The van der Waals surface area contributed by atoms with Crippen LogP contribution in [-0.4, -0.2) is 26.0 Å². The van der Waals surface area contributed by atoms with E-state index in [9.17, 15) is 9.90 Å². The Balaban J connectivity index is 2.57. The van der Waals surface area contributed by atoms with E-state index in [2.05, 4.69) is 5.10 Å². The summed E-state index contributed by atoms with van der Waals surface area (Å²) in [5, 5.41) is 21.0. The Labute approximate surface area is 133 Å². The maximum absolute atomic E-state index is 11.5. The number of aromatic carboxylic acids is 1. The molecule has 2 rings (SSSR count). The Kier molecular flexibility index (Phi) is 4.78. The second-order valence-corrected chi connectivity index (χ2v) is 5.35. The Morgan fingerprint density at radius 3 is 2.59 bits per heavy atom. The summed E-state index contributed by atoms with van der Waals surface area (Å²) in [6, 6.07) is 9.59. The summed E-state index contributed by atoms with van der Waals surface area (Å²) >= 11 is 5.60. The van der Waals surface area contributed by atoms with Crippen LogP contribution in [0, 0.1) is 5.41 Å². The number of carbonyl (C=O) groups is 1.